The predicted molar refractivity (Wildman–Crippen MR) is 119 cm³/mol. The Bertz CT molecular complexity index is 1250. The summed E-state index contributed by atoms with van der Waals surface area (Å²) in [5, 5.41) is 11.0. The Kier molecular flexibility index (Phi) is 5.05. The summed E-state index contributed by atoms with van der Waals surface area (Å²) in [5.74, 6) is 1.36. The Morgan fingerprint density at radius 1 is 0.943 bits per heavy atom. The Hall–Kier alpha value is -4.15. The van der Waals surface area contributed by atoms with E-state index >= 15 is 0 Å². The molecule has 1 saturated heterocycles. The van der Waals surface area contributed by atoms with E-state index in [9.17, 15) is 4.79 Å². The van der Waals surface area contributed by atoms with Crippen LogP contribution in [0, 0.1) is 11.8 Å². The molecular weight excluding hydrogens is 458 g/mol. The van der Waals surface area contributed by atoms with E-state index in [0.717, 1.165) is 16.7 Å². The molecule has 11 heteroatoms. The molecule has 11 nitrogen and oxygen atoms in total. The van der Waals surface area contributed by atoms with Gasteiger partial charge >= 0.3 is 12.0 Å². The second-order valence-electron chi connectivity index (χ2n) is 8.46. The number of hydrogen-bond donors (Lipinski definition) is 1. The van der Waals surface area contributed by atoms with Gasteiger partial charge in [0.2, 0.25) is 18.9 Å². The molecule has 1 fully saturated rings. The van der Waals surface area contributed by atoms with Gasteiger partial charge in [0.25, 0.3) is 0 Å². The summed E-state index contributed by atoms with van der Waals surface area (Å²) in [6, 6.07) is 7.52. The molecule has 35 heavy (non-hydrogen) atoms. The third kappa shape index (κ3) is 3.29. The van der Waals surface area contributed by atoms with Crippen molar-refractivity contribution in [3.63, 3.8) is 0 Å². The van der Waals surface area contributed by atoms with Gasteiger partial charge in [-0.2, -0.15) is 0 Å². The second kappa shape index (κ2) is 8.26. The molecule has 4 atom stereocenters. The number of cyclic esters (lactones) is 1. The van der Waals surface area contributed by atoms with Crippen LogP contribution < -0.4 is 29.0 Å². The average molecular weight is 481 g/mol. The first-order valence-electron chi connectivity index (χ1n) is 11.1. The van der Waals surface area contributed by atoms with Crippen LogP contribution in [0.1, 0.15) is 28.7 Å². The van der Waals surface area contributed by atoms with Crippen LogP contribution in [0.15, 0.2) is 35.1 Å². The van der Waals surface area contributed by atoms with Crippen molar-refractivity contribution in [3.05, 3.63) is 47.3 Å². The standard InChI is InChI=1S/C24H23N3O8/c1-29-17-4-11(5-18(30-2)22(17)31-3)19-12-6-15-16(35-10-34-15)7-13(12)21(26-24-27-25-9-33-24)14-8-32-23(28)20(14)19/h4-7,9,14,19-21H,8,10H2,1-3H3,(H,26,27)/t14-,19+,20-,21+/m0/s1. The summed E-state index contributed by atoms with van der Waals surface area (Å²) in [6.45, 7) is 0.369. The molecule has 2 aliphatic heterocycles. The predicted octanol–water partition coefficient (Wildman–Crippen LogP) is 2.91. The molecule has 6 rings (SSSR count). The summed E-state index contributed by atoms with van der Waals surface area (Å²) in [6.07, 6.45) is 1.25. The zero-order valence-corrected chi connectivity index (χ0v) is 19.3. The summed E-state index contributed by atoms with van der Waals surface area (Å²) in [4.78, 5) is 13.2. The summed E-state index contributed by atoms with van der Waals surface area (Å²) in [7, 11) is 4.67. The number of benzene rings is 2. The van der Waals surface area contributed by atoms with Crippen LogP contribution in [-0.2, 0) is 9.53 Å². The number of carbonyl (C=O) groups excluding carboxylic acids is 1. The van der Waals surface area contributed by atoms with Gasteiger partial charge in [0, 0.05) is 11.8 Å². The Balaban J connectivity index is 1.56. The first-order chi connectivity index (χ1) is 17.1. The second-order valence-corrected chi connectivity index (χ2v) is 8.46. The van der Waals surface area contributed by atoms with Crippen LogP contribution in [0.25, 0.3) is 0 Å². The number of fused-ring (bicyclic) bond motifs is 3. The van der Waals surface area contributed by atoms with Crippen LogP contribution in [0.3, 0.4) is 0 Å². The minimum absolute atomic E-state index is 0.129. The van der Waals surface area contributed by atoms with Gasteiger partial charge in [0.1, 0.15) is 0 Å². The molecule has 1 aliphatic carbocycles. The Morgan fingerprint density at radius 2 is 1.66 bits per heavy atom. The van der Waals surface area contributed by atoms with Crippen molar-refractivity contribution in [2.45, 2.75) is 12.0 Å². The lowest BCUT2D eigenvalue weighted by Gasteiger charge is -2.39. The highest BCUT2D eigenvalue weighted by Crippen LogP contribution is 2.56. The third-order valence-corrected chi connectivity index (χ3v) is 6.87. The maximum absolute atomic E-state index is 13.2. The third-order valence-electron chi connectivity index (χ3n) is 6.87. The molecule has 0 bridgehead atoms. The molecule has 3 aromatic rings. The van der Waals surface area contributed by atoms with E-state index in [-0.39, 0.29) is 43.3 Å². The zero-order chi connectivity index (χ0) is 24.1. The largest absolute Gasteiger partial charge is 0.493 e. The van der Waals surface area contributed by atoms with E-state index < -0.39 is 5.92 Å². The van der Waals surface area contributed by atoms with Crippen molar-refractivity contribution in [2.24, 2.45) is 11.8 Å². The molecule has 0 spiro atoms. The van der Waals surface area contributed by atoms with Gasteiger partial charge in [-0.25, -0.2) is 0 Å². The highest BCUT2D eigenvalue weighted by Gasteiger charge is 2.53. The highest BCUT2D eigenvalue weighted by atomic mass is 16.7. The molecule has 1 N–H and O–H groups in total. The number of carbonyl (C=O) groups is 1. The van der Waals surface area contributed by atoms with Crippen LogP contribution in [0.4, 0.5) is 6.01 Å². The zero-order valence-electron chi connectivity index (χ0n) is 19.3. The number of esters is 1. The van der Waals surface area contributed by atoms with Crippen LogP contribution in [-0.4, -0.2) is 50.9 Å². The van der Waals surface area contributed by atoms with E-state index in [0.29, 0.717) is 28.7 Å². The van der Waals surface area contributed by atoms with E-state index in [1.54, 1.807) is 21.3 Å². The Labute approximate surface area is 200 Å². The lowest BCUT2D eigenvalue weighted by Crippen LogP contribution is -2.37. The van der Waals surface area contributed by atoms with Crippen LogP contribution >= 0.6 is 0 Å². The molecule has 1 aromatic heterocycles. The monoisotopic (exact) mass is 481 g/mol. The van der Waals surface area contributed by atoms with Gasteiger partial charge in [0.05, 0.1) is 39.9 Å². The van der Waals surface area contributed by atoms with Gasteiger partial charge in [0.15, 0.2) is 23.0 Å². The molecular formula is C24H23N3O8. The molecule has 0 radical (unpaired) electrons. The first-order valence-corrected chi connectivity index (χ1v) is 11.1. The van der Waals surface area contributed by atoms with E-state index in [1.165, 1.54) is 6.39 Å². The lowest BCUT2D eigenvalue weighted by molar-refractivity contribution is -0.141. The first kappa shape index (κ1) is 21.4. The topological polar surface area (TPSA) is 123 Å². The fraction of sp³-hybridized carbons (Fsp3) is 0.375. The van der Waals surface area contributed by atoms with Crippen molar-refractivity contribution in [2.75, 3.05) is 40.0 Å². The normalized spacial score (nSPS) is 23.8. The summed E-state index contributed by atoms with van der Waals surface area (Å²) < 4.78 is 39.0. The van der Waals surface area contributed by atoms with Crippen molar-refractivity contribution >= 4 is 12.0 Å². The van der Waals surface area contributed by atoms with Gasteiger partial charge in [-0.1, -0.05) is 5.10 Å². The molecule has 3 aliphatic rings. The van der Waals surface area contributed by atoms with Crippen LogP contribution in [0.5, 0.6) is 28.7 Å². The number of methoxy groups -OCH3 is 3. The quantitative estimate of drug-likeness (QED) is 0.523. The summed E-state index contributed by atoms with van der Waals surface area (Å²) in [5.41, 5.74) is 2.64. The van der Waals surface area contributed by atoms with E-state index in [1.807, 2.05) is 24.3 Å². The van der Waals surface area contributed by atoms with Crippen molar-refractivity contribution in [3.8, 4) is 28.7 Å². The average Bonchev–Trinajstić information content (AvgIpc) is 3.64. The number of nitrogens with one attached hydrogen (secondary N) is 1. The number of rotatable bonds is 6. The van der Waals surface area contributed by atoms with E-state index in [4.69, 9.17) is 32.8 Å². The summed E-state index contributed by atoms with van der Waals surface area (Å²) >= 11 is 0. The van der Waals surface area contributed by atoms with E-state index in [2.05, 4.69) is 15.5 Å². The minimum atomic E-state index is -0.494. The van der Waals surface area contributed by atoms with Gasteiger partial charge < -0.3 is 38.2 Å². The van der Waals surface area contributed by atoms with Crippen LogP contribution in [0.2, 0.25) is 0 Å². The molecule has 182 valence electrons. The Morgan fingerprint density at radius 3 is 2.29 bits per heavy atom. The fourth-order valence-electron chi connectivity index (χ4n) is 5.40. The molecule has 2 aromatic carbocycles. The number of hydrogen-bond acceptors (Lipinski definition) is 11. The smallest absolute Gasteiger partial charge is 0.315 e. The number of aromatic nitrogens is 2. The highest BCUT2D eigenvalue weighted by molar-refractivity contribution is 5.79. The maximum atomic E-state index is 13.2. The number of nitrogens with zero attached hydrogens (tertiary/aromatic N) is 2. The van der Waals surface area contributed by atoms with Gasteiger partial charge in [-0.3, -0.25) is 4.79 Å². The lowest BCUT2D eigenvalue weighted by atomic mass is 9.65. The maximum Gasteiger partial charge on any atom is 0.315 e. The minimum Gasteiger partial charge on any atom is -0.493 e. The van der Waals surface area contributed by atoms with Gasteiger partial charge in [-0.05, 0) is 41.0 Å². The fourth-order valence-corrected chi connectivity index (χ4v) is 5.40. The number of ether oxygens (including phenoxy) is 6. The molecule has 0 unspecified atom stereocenters. The SMILES string of the molecule is COc1cc([C@@H]2c3cc4c(cc3[C@@H](Nc3nnco3)[C@H]3COC(=O)[C@H]23)OCO4)cc(OC)c1OC. The molecule has 0 saturated carbocycles. The molecule has 0 amide bonds. The number of anilines is 1. The molecule has 3 heterocycles. The van der Waals surface area contributed by atoms with Crippen molar-refractivity contribution in [1.82, 2.24) is 10.2 Å². The van der Waals surface area contributed by atoms with Crippen molar-refractivity contribution < 1.29 is 37.6 Å². The van der Waals surface area contributed by atoms with Crippen molar-refractivity contribution in [1.29, 1.82) is 0 Å². The van der Waals surface area contributed by atoms with Gasteiger partial charge in [-0.15, -0.1) is 5.10 Å².